The predicted octanol–water partition coefficient (Wildman–Crippen LogP) is 3.18. The largest absolute Gasteiger partial charge is 0.483 e. The second-order valence-electron chi connectivity index (χ2n) is 3.65. The Balaban J connectivity index is 1.78. The number of hydrogen-bond acceptors (Lipinski definition) is 4. The van der Waals surface area contributed by atoms with Gasteiger partial charge in [0.05, 0.1) is 9.78 Å². The lowest BCUT2D eigenvalue weighted by Gasteiger charge is -2.06. The van der Waals surface area contributed by atoms with Crippen molar-refractivity contribution in [1.82, 2.24) is 5.43 Å². The third-order valence-corrected chi connectivity index (χ3v) is 3.49. The summed E-state index contributed by atoms with van der Waals surface area (Å²) in [7, 11) is 0. The molecule has 1 aromatic carbocycles. The van der Waals surface area contributed by atoms with E-state index in [-0.39, 0.29) is 12.5 Å². The molecular formula is C13H10BrIN2O3. The molecule has 0 atom stereocenters. The van der Waals surface area contributed by atoms with Gasteiger partial charge < -0.3 is 9.15 Å². The van der Waals surface area contributed by atoms with Crippen molar-refractivity contribution in [3.63, 3.8) is 0 Å². The highest BCUT2D eigenvalue weighted by Gasteiger charge is 2.04. The van der Waals surface area contributed by atoms with Crippen LogP contribution in [0.25, 0.3) is 0 Å². The van der Waals surface area contributed by atoms with E-state index in [1.54, 1.807) is 18.2 Å². The Morgan fingerprint density at radius 2 is 2.20 bits per heavy atom. The number of hydrazone groups is 1. The number of carbonyl (C=O) groups is 1. The van der Waals surface area contributed by atoms with Crippen LogP contribution in [0.2, 0.25) is 0 Å². The van der Waals surface area contributed by atoms with Crippen molar-refractivity contribution in [2.45, 2.75) is 0 Å². The second-order valence-corrected chi connectivity index (χ2v) is 5.60. The zero-order chi connectivity index (χ0) is 14.4. The molecule has 20 heavy (non-hydrogen) atoms. The molecule has 1 amide bonds. The summed E-state index contributed by atoms with van der Waals surface area (Å²) < 4.78 is 12.1. The molecule has 0 aliphatic rings. The van der Waals surface area contributed by atoms with Gasteiger partial charge in [0.1, 0.15) is 11.5 Å². The average molecular weight is 449 g/mol. The van der Waals surface area contributed by atoms with Crippen LogP contribution in [0.15, 0.2) is 50.6 Å². The summed E-state index contributed by atoms with van der Waals surface area (Å²) in [5, 5.41) is 3.77. The molecule has 0 saturated heterocycles. The maximum atomic E-state index is 11.5. The Bertz CT molecular complexity index is 628. The van der Waals surface area contributed by atoms with Crippen LogP contribution < -0.4 is 10.2 Å². The number of ether oxygens (including phenoxy) is 1. The summed E-state index contributed by atoms with van der Waals surface area (Å²) in [6, 6.07) is 10.9. The van der Waals surface area contributed by atoms with Gasteiger partial charge in [-0.1, -0.05) is 12.1 Å². The van der Waals surface area contributed by atoms with Gasteiger partial charge in [-0.15, -0.1) is 0 Å². The third-order valence-electron chi connectivity index (χ3n) is 2.17. The summed E-state index contributed by atoms with van der Waals surface area (Å²) >= 11 is 5.32. The zero-order valence-corrected chi connectivity index (χ0v) is 13.9. The lowest BCUT2D eigenvalue weighted by atomic mass is 10.3. The van der Waals surface area contributed by atoms with Gasteiger partial charge in [0.25, 0.3) is 5.91 Å². The lowest BCUT2D eigenvalue weighted by Crippen LogP contribution is -2.24. The minimum atomic E-state index is -0.341. The fourth-order valence-corrected chi connectivity index (χ4v) is 2.17. The van der Waals surface area contributed by atoms with Crippen molar-refractivity contribution in [3.05, 3.63) is 50.4 Å². The minimum Gasteiger partial charge on any atom is -0.483 e. The van der Waals surface area contributed by atoms with Crippen LogP contribution in [-0.2, 0) is 4.79 Å². The molecular weight excluding hydrogens is 439 g/mol. The number of para-hydroxylation sites is 1. The summed E-state index contributed by atoms with van der Waals surface area (Å²) in [4.78, 5) is 11.5. The van der Waals surface area contributed by atoms with E-state index < -0.39 is 0 Å². The molecule has 0 aliphatic carbocycles. The Hall–Kier alpha value is -1.35. The molecule has 0 spiro atoms. The monoisotopic (exact) mass is 448 g/mol. The van der Waals surface area contributed by atoms with Gasteiger partial charge in [-0.2, -0.15) is 5.10 Å². The van der Waals surface area contributed by atoms with Gasteiger partial charge in [-0.3, -0.25) is 4.79 Å². The van der Waals surface area contributed by atoms with E-state index in [1.165, 1.54) is 6.21 Å². The molecule has 104 valence electrons. The first-order valence-electron chi connectivity index (χ1n) is 5.60. The van der Waals surface area contributed by atoms with Crippen molar-refractivity contribution < 1.29 is 13.9 Å². The van der Waals surface area contributed by atoms with Crippen molar-refractivity contribution in [2.24, 2.45) is 5.10 Å². The maximum Gasteiger partial charge on any atom is 0.277 e. The Morgan fingerprint density at radius 1 is 1.40 bits per heavy atom. The minimum absolute atomic E-state index is 0.0980. The molecule has 0 fully saturated rings. The smallest absolute Gasteiger partial charge is 0.277 e. The van der Waals surface area contributed by atoms with E-state index in [2.05, 4.69) is 49.0 Å². The van der Waals surface area contributed by atoms with Crippen LogP contribution in [0, 0.1) is 3.57 Å². The van der Waals surface area contributed by atoms with E-state index in [0.29, 0.717) is 16.2 Å². The summed E-state index contributed by atoms with van der Waals surface area (Å²) in [5.41, 5.74) is 2.36. The van der Waals surface area contributed by atoms with Crippen LogP contribution in [-0.4, -0.2) is 18.7 Å². The fraction of sp³-hybridized carbons (Fsp3) is 0.0769. The molecule has 1 aromatic heterocycles. The van der Waals surface area contributed by atoms with Crippen LogP contribution in [0.3, 0.4) is 0 Å². The SMILES string of the molecule is O=C(COc1ccccc1I)N/N=C/c1ccc(Br)o1. The van der Waals surface area contributed by atoms with Crippen molar-refractivity contribution >= 4 is 50.6 Å². The van der Waals surface area contributed by atoms with E-state index >= 15 is 0 Å². The number of nitrogens with zero attached hydrogens (tertiary/aromatic N) is 1. The number of rotatable bonds is 5. The standard InChI is InChI=1S/C13H10BrIN2O3/c14-12-6-5-9(20-12)7-16-17-13(18)8-19-11-4-2-1-3-10(11)15/h1-7H,8H2,(H,17,18)/b16-7+. The molecule has 1 heterocycles. The quantitative estimate of drug-likeness (QED) is 0.434. The van der Waals surface area contributed by atoms with Crippen LogP contribution in [0.1, 0.15) is 5.76 Å². The van der Waals surface area contributed by atoms with Gasteiger partial charge in [0.2, 0.25) is 0 Å². The highest BCUT2D eigenvalue weighted by atomic mass is 127. The number of nitrogens with one attached hydrogen (secondary N) is 1. The summed E-state index contributed by atoms with van der Waals surface area (Å²) in [6.07, 6.45) is 1.41. The fourth-order valence-electron chi connectivity index (χ4n) is 1.30. The molecule has 0 unspecified atom stereocenters. The molecule has 0 bridgehead atoms. The van der Waals surface area contributed by atoms with Gasteiger partial charge in [0.15, 0.2) is 11.3 Å². The maximum absolute atomic E-state index is 11.5. The van der Waals surface area contributed by atoms with E-state index in [1.807, 2.05) is 18.2 Å². The molecule has 5 nitrogen and oxygen atoms in total. The van der Waals surface area contributed by atoms with E-state index in [0.717, 1.165) is 3.57 Å². The highest BCUT2D eigenvalue weighted by Crippen LogP contribution is 2.19. The molecule has 1 N–H and O–H groups in total. The number of amides is 1. The topological polar surface area (TPSA) is 63.8 Å². The first-order valence-corrected chi connectivity index (χ1v) is 7.47. The number of furan rings is 1. The van der Waals surface area contributed by atoms with Crippen LogP contribution >= 0.6 is 38.5 Å². The van der Waals surface area contributed by atoms with Crippen LogP contribution in [0.5, 0.6) is 5.75 Å². The van der Waals surface area contributed by atoms with Crippen LogP contribution in [0.4, 0.5) is 0 Å². The van der Waals surface area contributed by atoms with Gasteiger partial charge in [-0.05, 0) is 62.8 Å². The van der Waals surface area contributed by atoms with Crippen molar-refractivity contribution in [1.29, 1.82) is 0 Å². The molecule has 7 heteroatoms. The Kier molecular flexibility index (Phi) is 5.60. The third kappa shape index (κ3) is 4.64. The number of halogens is 2. The summed E-state index contributed by atoms with van der Waals surface area (Å²) in [5.74, 6) is 0.865. The predicted molar refractivity (Wildman–Crippen MR) is 86.8 cm³/mol. The molecule has 2 aromatic rings. The Morgan fingerprint density at radius 3 is 2.90 bits per heavy atom. The second kappa shape index (κ2) is 7.44. The van der Waals surface area contributed by atoms with Gasteiger partial charge in [-0.25, -0.2) is 5.43 Å². The molecule has 0 saturated carbocycles. The first-order chi connectivity index (χ1) is 9.65. The highest BCUT2D eigenvalue weighted by molar-refractivity contribution is 14.1. The number of benzene rings is 1. The van der Waals surface area contributed by atoms with Gasteiger partial charge >= 0.3 is 0 Å². The van der Waals surface area contributed by atoms with Gasteiger partial charge in [0, 0.05) is 0 Å². The summed E-state index contributed by atoms with van der Waals surface area (Å²) in [6.45, 7) is -0.0980. The Labute approximate surface area is 137 Å². The first kappa shape index (κ1) is 15.0. The number of carbonyl (C=O) groups excluding carboxylic acids is 1. The number of hydrogen-bond donors (Lipinski definition) is 1. The van der Waals surface area contributed by atoms with E-state index in [9.17, 15) is 4.79 Å². The molecule has 0 radical (unpaired) electrons. The normalized spacial score (nSPS) is 10.7. The average Bonchev–Trinajstić information content (AvgIpc) is 2.83. The molecule has 2 rings (SSSR count). The zero-order valence-electron chi connectivity index (χ0n) is 10.2. The van der Waals surface area contributed by atoms with E-state index in [4.69, 9.17) is 9.15 Å². The molecule has 0 aliphatic heterocycles. The van der Waals surface area contributed by atoms with Crippen molar-refractivity contribution in [2.75, 3.05) is 6.61 Å². The van der Waals surface area contributed by atoms with Crippen molar-refractivity contribution in [3.8, 4) is 5.75 Å². The lowest BCUT2D eigenvalue weighted by molar-refractivity contribution is -0.123.